The van der Waals surface area contributed by atoms with E-state index in [4.69, 9.17) is 9.47 Å². The van der Waals surface area contributed by atoms with Crippen LogP contribution in [0.1, 0.15) is 46.0 Å². The van der Waals surface area contributed by atoms with Crippen molar-refractivity contribution in [3.8, 4) is 11.5 Å². The topological polar surface area (TPSA) is 67.8 Å². The Labute approximate surface area is 178 Å². The number of hydrogen-bond donors (Lipinski definition) is 0. The first kappa shape index (κ1) is 20.6. The molecule has 2 aliphatic rings. The van der Waals surface area contributed by atoms with E-state index in [-0.39, 0.29) is 5.91 Å². The number of fused-ring (bicyclic) bond motifs is 1. The van der Waals surface area contributed by atoms with E-state index >= 15 is 0 Å². The largest absolute Gasteiger partial charge is 0.493 e. The van der Waals surface area contributed by atoms with Crippen LogP contribution < -0.4 is 9.47 Å². The number of methoxy groups -OCH3 is 2. The Bertz CT molecular complexity index is 918. The highest BCUT2D eigenvalue weighted by molar-refractivity contribution is 5.92. The Morgan fingerprint density at radius 3 is 2.27 bits per heavy atom. The highest BCUT2D eigenvalue weighted by Gasteiger charge is 2.30. The van der Waals surface area contributed by atoms with Gasteiger partial charge in [-0.15, -0.1) is 0 Å². The van der Waals surface area contributed by atoms with Crippen LogP contribution in [0.2, 0.25) is 0 Å². The van der Waals surface area contributed by atoms with Crippen LogP contribution in [0.15, 0.2) is 18.2 Å². The minimum Gasteiger partial charge on any atom is -0.493 e. The van der Waals surface area contributed by atoms with Crippen molar-refractivity contribution in [2.75, 3.05) is 33.9 Å². The van der Waals surface area contributed by atoms with Gasteiger partial charge < -0.3 is 14.4 Å². The summed E-state index contributed by atoms with van der Waals surface area (Å²) in [6.45, 7) is 7.21. The molecule has 1 fully saturated rings. The molecule has 0 bridgehead atoms. The number of likely N-dealkylation sites (tertiary alicyclic amines) is 1. The maximum Gasteiger partial charge on any atom is 0.272 e. The maximum absolute atomic E-state index is 12.9. The molecule has 0 aliphatic carbocycles. The normalized spacial score (nSPS) is 17.5. The van der Waals surface area contributed by atoms with E-state index in [2.05, 4.69) is 27.0 Å². The minimum atomic E-state index is 0.0165. The summed E-state index contributed by atoms with van der Waals surface area (Å²) in [6.07, 6.45) is 2.98. The van der Waals surface area contributed by atoms with Crippen molar-refractivity contribution in [1.82, 2.24) is 19.8 Å². The van der Waals surface area contributed by atoms with Gasteiger partial charge in [0.2, 0.25) is 0 Å². The van der Waals surface area contributed by atoms with Crippen LogP contribution in [-0.2, 0) is 13.0 Å². The summed E-state index contributed by atoms with van der Waals surface area (Å²) in [6, 6.07) is 6.49. The Morgan fingerprint density at radius 1 is 0.967 bits per heavy atom. The van der Waals surface area contributed by atoms with Crippen molar-refractivity contribution in [3.05, 3.63) is 46.5 Å². The van der Waals surface area contributed by atoms with Gasteiger partial charge in [0.05, 0.1) is 14.2 Å². The Kier molecular flexibility index (Phi) is 5.90. The summed E-state index contributed by atoms with van der Waals surface area (Å²) in [7, 11) is 3.36. The van der Waals surface area contributed by atoms with Crippen molar-refractivity contribution < 1.29 is 14.3 Å². The first-order valence-electron chi connectivity index (χ1n) is 10.6. The fourth-order valence-electron chi connectivity index (χ4n) is 4.64. The Balaban J connectivity index is 1.39. The minimum absolute atomic E-state index is 0.0165. The third kappa shape index (κ3) is 4.12. The molecule has 4 rings (SSSR count). The van der Waals surface area contributed by atoms with E-state index in [1.165, 1.54) is 11.1 Å². The molecule has 3 heterocycles. The van der Waals surface area contributed by atoms with Gasteiger partial charge in [0, 0.05) is 37.9 Å². The molecule has 0 radical (unpaired) electrons. The highest BCUT2D eigenvalue weighted by Crippen LogP contribution is 2.34. The molecule has 1 aromatic heterocycles. The molecule has 0 N–H and O–H groups in total. The molecule has 0 unspecified atom stereocenters. The van der Waals surface area contributed by atoms with Gasteiger partial charge in [-0.2, -0.15) is 0 Å². The molecule has 0 saturated carbocycles. The zero-order valence-electron chi connectivity index (χ0n) is 18.3. The molecule has 1 aromatic carbocycles. The average Bonchev–Trinajstić information content (AvgIpc) is 2.76. The van der Waals surface area contributed by atoms with E-state index in [0.717, 1.165) is 62.6 Å². The molecule has 1 amide bonds. The molecule has 30 heavy (non-hydrogen) atoms. The first-order valence-corrected chi connectivity index (χ1v) is 10.6. The van der Waals surface area contributed by atoms with Gasteiger partial charge in [-0.25, -0.2) is 9.97 Å². The van der Waals surface area contributed by atoms with E-state index in [0.29, 0.717) is 17.6 Å². The van der Waals surface area contributed by atoms with Crippen LogP contribution in [0.3, 0.4) is 0 Å². The summed E-state index contributed by atoms with van der Waals surface area (Å²) in [5.74, 6) is 2.25. The van der Waals surface area contributed by atoms with Gasteiger partial charge in [-0.1, -0.05) is 0 Å². The third-order valence-corrected chi connectivity index (χ3v) is 6.20. The predicted molar refractivity (Wildman–Crippen MR) is 114 cm³/mol. The summed E-state index contributed by atoms with van der Waals surface area (Å²) < 4.78 is 10.9. The highest BCUT2D eigenvalue weighted by atomic mass is 16.5. The lowest BCUT2D eigenvalue weighted by molar-refractivity contribution is 0.0593. The van der Waals surface area contributed by atoms with Gasteiger partial charge in [-0.05, 0) is 62.4 Å². The quantitative estimate of drug-likeness (QED) is 0.772. The van der Waals surface area contributed by atoms with Gasteiger partial charge in [0.1, 0.15) is 11.5 Å². The smallest absolute Gasteiger partial charge is 0.272 e. The molecule has 160 valence electrons. The fourth-order valence-corrected chi connectivity index (χ4v) is 4.64. The van der Waals surface area contributed by atoms with Crippen LogP contribution >= 0.6 is 0 Å². The van der Waals surface area contributed by atoms with Gasteiger partial charge >= 0.3 is 0 Å². The molecule has 2 aliphatic heterocycles. The molecule has 0 spiro atoms. The van der Waals surface area contributed by atoms with E-state index < -0.39 is 0 Å². The maximum atomic E-state index is 12.9. The zero-order valence-corrected chi connectivity index (χ0v) is 18.3. The number of nitrogens with zero attached hydrogens (tertiary/aromatic N) is 4. The van der Waals surface area contributed by atoms with Crippen LogP contribution in [0.4, 0.5) is 0 Å². The second-order valence-corrected chi connectivity index (χ2v) is 8.16. The molecular formula is C23H30N4O3. The average molecular weight is 411 g/mol. The number of hydrogen-bond acceptors (Lipinski definition) is 6. The summed E-state index contributed by atoms with van der Waals surface area (Å²) in [5, 5.41) is 0. The first-order chi connectivity index (χ1) is 14.5. The van der Waals surface area contributed by atoms with Crippen LogP contribution in [0.5, 0.6) is 11.5 Å². The van der Waals surface area contributed by atoms with E-state index in [1.807, 2.05) is 18.7 Å². The molecular weight excluding hydrogens is 380 g/mol. The number of benzene rings is 1. The number of ether oxygens (including phenoxy) is 2. The fraction of sp³-hybridized carbons (Fsp3) is 0.522. The van der Waals surface area contributed by atoms with Crippen molar-refractivity contribution >= 4 is 5.91 Å². The SMILES string of the molecule is COc1cc2c(cc1OC)CN(C1CCN(C(=O)c3cc(C)nc(C)n3)CC1)CC2. The predicted octanol–water partition coefficient (Wildman–Crippen LogP) is 2.77. The van der Waals surface area contributed by atoms with Crippen molar-refractivity contribution in [2.45, 2.75) is 45.7 Å². The summed E-state index contributed by atoms with van der Waals surface area (Å²) in [4.78, 5) is 26.0. The Morgan fingerprint density at radius 2 is 1.63 bits per heavy atom. The van der Waals surface area contributed by atoms with Crippen molar-refractivity contribution in [2.24, 2.45) is 0 Å². The molecule has 7 heteroatoms. The standard InChI is InChI=1S/C23H30N4O3/c1-15-11-20(25-16(2)24-15)23(28)26-9-6-19(7-10-26)27-8-5-17-12-21(29-3)22(30-4)13-18(17)14-27/h11-13,19H,5-10,14H2,1-4H3. The van der Waals surface area contributed by atoms with E-state index in [1.54, 1.807) is 20.3 Å². The number of piperidine rings is 1. The number of aryl methyl sites for hydroxylation is 2. The number of rotatable bonds is 4. The number of carbonyl (C=O) groups excluding carboxylic acids is 1. The van der Waals surface area contributed by atoms with Gasteiger partial charge in [0.15, 0.2) is 11.5 Å². The monoisotopic (exact) mass is 410 g/mol. The van der Waals surface area contributed by atoms with Crippen molar-refractivity contribution in [1.29, 1.82) is 0 Å². The van der Waals surface area contributed by atoms with Crippen LogP contribution in [0, 0.1) is 13.8 Å². The van der Waals surface area contributed by atoms with Crippen LogP contribution in [-0.4, -0.2) is 65.6 Å². The lowest BCUT2D eigenvalue weighted by Crippen LogP contribution is -2.48. The summed E-state index contributed by atoms with van der Waals surface area (Å²) in [5.41, 5.74) is 3.99. The lowest BCUT2D eigenvalue weighted by atomic mass is 9.94. The second-order valence-electron chi connectivity index (χ2n) is 8.16. The molecule has 1 saturated heterocycles. The Hall–Kier alpha value is -2.67. The second kappa shape index (κ2) is 8.60. The molecule has 7 nitrogen and oxygen atoms in total. The summed E-state index contributed by atoms with van der Waals surface area (Å²) >= 11 is 0. The van der Waals surface area contributed by atoms with Gasteiger partial charge in [0.25, 0.3) is 5.91 Å². The zero-order chi connectivity index (χ0) is 21.3. The number of amides is 1. The van der Waals surface area contributed by atoms with Crippen LogP contribution in [0.25, 0.3) is 0 Å². The number of aromatic nitrogens is 2. The third-order valence-electron chi connectivity index (χ3n) is 6.20. The van der Waals surface area contributed by atoms with Gasteiger partial charge in [-0.3, -0.25) is 9.69 Å². The lowest BCUT2D eigenvalue weighted by Gasteiger charge is -2.40. The molecule has 2 aromatic rings. The van der Waals surface area contributed by atoms with Crippen molar-refractivity contribution in [3.63, 3.8) is 0 Å². The number of carbonyl (C=O) groups is 1. The van der Waals surface area contributed by atoms with E-state index in [9.17, 15) is 4.79 Å². The molecule has 0 atom stereocenters.